The minimum Gasteiger partial charge on any atom is -0.494 e. The molecule has 0 aliphatic heterocycles. The Kier molecular flexibility index (Phi) is 5.48. The lowest BCUT2D eigenvalue weighted by molar-refractivity contribution is -0.384. The fourth-order valence-corrected chi connectivity index (χ4v) is 2.15. The number of ether oxygens (including phenoxy) is 1. The van der Waals surface area contributed by atoms with Gasteiger partial charge < -0.3 is 15.0 Å². The maximum Gasteiger partial charge on any atom is 0.269 e. The zero-order valence-electron chi connectivity index (χ0n) is 12.9. The van der Waals surface area contributed by atoms with Crippen LogP contribution in [0.3, 0.4) is 0 Å². The number of thiocarbonyl (C=S) groups is 1. The molecule has 0 bridgehead atoms. The molecule has 0 amide bonds. The van der Waals surface area contributed by atoms with Crippen molar-refractivity contribution in [2.24, 2.45) is 0 Å². The molecule has 6 nitrogen and oxygen atoms in total. The first-order valence-electron chi connectivity index (χ1n) is 7.03. The molecule has 120 valence electrons. The van der Waals surface area contributed by atoms with Gasteiger partial charge in [0, 0.05) is 30.6 Å². The maximum atomic E-state index is 10.7. The highest BCUT2D eigenvalue weighted by atomic mass is 32.1. The highest BCUT2D eigenvalue weighted by molar-refractivity contribution is 7.80. The van der Waals surface area contributed by atoms with E-state index in [9.17, 15) is 10.1 Å². The molecule has 0 saturated heterocycles. The van der Waals surface area contributed by atoms with Crippen molar-refractivity contribution in [1.29, 1.82) is 0 Å². The molecule has 2 aromatic carbocycles. The highest BCUT2D eigenvalue weighted by Crippen LogP contribution is 2.20. The van der Waals surface area contributed by atoms with E-state index in [1.807, 2.05) is 31.2 Å². The summed E-state index contributed by atoms with van der Waals surface area (Å²) < 4.78 is 5.39. The number of nitro benzene ring substituents is 1. The number of nitrogens with one attached hydrogen (secondary N) is 1. The van der Waals surface area contributed by atoms with E-state index < -0.39 is 4.92 Å². The van der Waals surface area contributed by atoms with Crippen molar-refractivity contribution in [2.75, 3.05) is 23.9 Å². The van der Waals surface area contributed by atoms with E-state index in [2.05, 4.69) is 5.32 Å². The number of anilines is 2. The third kappa shape index (κ3) is 4.40. The number of non-ortho nitro benzene ring substituents is 1. The zero-order chi connectivity index (χ0) is 16.8. The van der Waals surface area contributed by atoms with Crippen LogP contribution in [0.1, 0.15) is 6.92 Å². The van der Waals surface area contributed by atoms with Crippen LogP contribution in [0.4, 0.5) is 17.1 Å². The molecule has 0 aliphatic rings. The van der Waals surface area contributed by atoms with Crippen LogP contribution in [-0.2, 0) is 0 Å². The summed E-state index contributed by atoms with van der Waals surface area (Å²) in [5.41, 5.74) is 1.65. The lowest BCUT2D eigenvalue weighted by Gasteiger charge is -2.21. The number of hydrogen-bond donors (Lipinski definition) is 1. The molecule has 0 unspecified atom stereocenters. The van der Waals surface area contributed by atoms with Gasteiger partial charge in [0.05, 0.1) is 11.5 Å². The zero-order valence-corrected chi connectivity index (χ0v) is 13.7. The van der Waals surface area contributed by atoms with E-state index in [4.69, 9.17) is 17.0 Å². The van der Waals surface area contributed by atoms with Crippen molar-refractivity contribution < 1.29 is 9.66 Å². The van der Waals surface area contributed by atoms with Gasteiger partial charge in [-0.15, -0.1) is 0 Å². The predicted molar refractivity (Wildman–Crippen MR) is 95.3 cm³/mol. The summed E-state index contributed by atoms with van der Waals surface area (Å²) in [6.07, 6.45) is 0. The van der Waals surface area contributed by atoms with E-state index in [0.29, 0.717) is 11.7 Å². The second kappa shape index (κ2) is 7.55. The first kappa shape index (κ1) is 16.7. The molecule has 2 rings (SSSR count). The summed E-state index contributed by atoms with van der Waals surface area (Å²) in [6.45, 7) is 2.55. The Morgan fingerprint density at radius 2 is 1.83 bits per heavy atom. The summed E-state index contributed by atoms with van der Waals surface area (Å²) in [4.78, 5) is 12.0. The molecule has 0 fully saturated rings. The van der Waals surface area contributed by atoms with Crippen LogP contribution in [0.15, 0.2) is 48.5 Å². The number of nitrogens with zero attached hydrogens (tertiary/aromatic N) is 2. The number of hydrogen-bond acceptors (Lipinski definition) is 4. The Bertz CT molecular complexity index is 687. The Morgan fingerprint density at radius 3 is 2.35 bits per heavy atom. The second-order valence-corrected chi connectivity index (χ2v) is 5.11. The van der Waals surface area contributed by atoms with Crippen molar-refractivity contribution in [3.8, 4) is 5.75 Å². The van der Waals surface area contributed by atoms with Gasteiger partial charge in [-0.2, -0.15) is 0 Å². The first-order chi connectivity index (χ1) is 11.0. The minimum atomic E-state index is -0.430. The van der Waals surface area contributed by atoms with E-state index in [0.717, 1.165) is 17.1 Å². The van der Waals surface area contributed by atoms with Crippen LogP contribution in [0.25, 0.3) is 0 Å². The minimum absolute atomic E-state index is 0.0486. The van der Waals surface area contributed by atoms with Crippen LogP contribution >= 0.6 is 12.2 Å². The van der Waals surface area contributed by atoms with E-state index >= 15 is 0 Å². The molecule has 0 aromatic heterocycles. The van der Waals surface area contributed by atoms with Gasteiger partial charge in [0.1, 0.15) is 5.75 Å². The van der Waals surface area contributed by atoms with Crippen LogP contribution in [-0.4, -0.2) is 23.7 Å². The van der Waals surface area contributed by atoms with Gasteiger partial charge in [0.15, 0.2) is 5.11 Å². The normalized spacial score (nSPS) is 10.0. The lowest BCUT2D eigenvalue weighted by Crippen LogP contribution is -2.30. The second-order valence-electron chi connectivity index (χ2n) is 4.72. The maximum absolute atomic E-state index is 10.7. The molecular formula is C16H17N3O3S. The number of nitro groups is 1. The number of rotatable bonds is 5. The Balaban J connectivity index is 2.02. The third-order valence-electron chi connectivity index (χ3n) is 3.17. The van der Waals surface area contributed by atoms with Crippen LogP contribution in [0.5, 0.6) is 5.75 Å². The summed E-state index contributed by atoms with van der Waals surface area (Å²) in [5, 5.41) is 14.3. The van der Waals surface area contributed by atoms with Crippen LogP contribution in [0, 0.1) is 10.1 Å². The molecule has 0 saturated carbocycles. The quantitative estimate of drug-likeness (QED) is 0.510. The van der Waals surface area contributed by atoms with Crippen molar-refractivity contribution >= 4 is 34.4 Å². The summed E-state index contributed by atoms with van der Waals surface area (Å²) in [5.74, 6) is 0.799. The van der Waals surface area contributed by atoms with Crippen molar-refractivity contribution in [2.45, 2.75) is 6.92 Å². The highest BCUT2D eigenvalue weighted by Gasteiger charge is 2.10. The van der Waals surface area contributed by atoms with Gasteiger partial charge in [-0.3, -0.25) is 10.1 Å². The molecule has 7 heteroatoms. The van der Waals surface area contributed by atoms with Gasteiger partial charge >= 0.3 is 0 Å². The number of benzene rings is 2. The van der Waals surface area contributed by atoms with Gasteiger partial charge in [0.25, 0.3) is 5.69 Å². The molecule has 0 aliphatic carbocycles. The summed E-state index contributed by atoms with van der Waals surface area (Å²) in [7, 11) is 1.80. The first-order valence-corrected chi connectivity index (χ1v) is 7.44. The van der Waals surface area contributed by atoms with Gasteiger partial charge in [-0.25, -0.2) is 0 Å². The van der Waals surface area contributed by atoms with Gasteiger partial charge in [0.2, 0.25) is 0 Å². The monoisotopic (exact) mass is 331 g/mol. The average molecular weight is 331 g/mol. The largest absolute Gasteiger partial charge is 0.494 e. The molecule has 2 aromatic rings. The van der Waals surface area contributed by atoms with Crippen molar-refractivity contribution in [3.63, 3.8) is 0 Å². The van der Waals surface area contributed by atoms with Gasteiger partial charge in [-0.05, 0) is 55.5 Å². The SMILES string of the molecule is CCOc1ccc(NC(=S)N(C)c2ccc([N+](=O)[O-])cc2)cc1. The molecule has 0 radical (unpaired) electrons. The van der Waals surface area contributed by atoms with Crippen molar-refractivity contribution in [1.82, 2.24) is 0 Å². The molecule has 0 atom stereocenters. The standard InChI is InChI=1S/C16H17N3O3S/c1-3-22-15-10-4-12(5-11-15)17-16(23)18(2)13-6-8-14(9-7-13)19(20)21/h4-11H,3H2,1-2H3,(H,17,23). The predicted octanol–water partition coefficient (Wildman–Crippen LogP) is 3.83. The molecule has 0 heterocycles. The lowest BCUT2D eigenvalue weighted by atomic mass is 10.2. The molecule has 0 spiro atoms. The summed E-state index contributed by atoms with van der Waals surface area (Å²) in [6, 6.07) is 13.7. The fraction of sp³-hybridized carbons (Fsp3) is 0.188. The Labute approximate surface area is 139 Å². The van der Waals surface area contributed by atoms with Crippen LogP contribution in [0.2, 0.25) is 0 Å². The van der Waals surface area contributed by atoms with Crippen LogP contribution < -0.4 is 15.0 Å². The molecule has 1 N–H and O–H groups in total. The molecular weight excluding hydrogens is 314 g/mol. The van der Waals surface area contributed by atoms with E-state index in [1.165, 1.54) is 12.1 Å². The molecule has 23 heavy (non-hydrogen) atoms. The smallest absolute Gasteiger partial charge is 0.269 e. The topological polar surface area (TPSA) is 67.6 Å². The third-order valence-corrected chi connectivity index (χ3v) is 3.54. The Hall–Kier alpha value is -2.67. The summed E-state index contributed by atoms with van der Waals surface area (Å²) >= 11 is 5.36. The Morgan fingerprint density at radius 1 is 1.22 bits per heavy atom. The van der Waals surface area contributed by atoms with E-state index in [-0.39, 0.29) is 5.69 Å². The van der Waals surface area contributed by atoms with Crippen molar-refractivity contribution in [3.05, 3.63) is 58.6 Å². The average Bonchev–Trinajstić information content (AvgIpc) is 2.56. The van der Waals surface area contributed by atoms with Gasteiger partial charge in [-0.1, -0.05) is 0 Å². The fourth-order valence-electron chi connectivity index (χ4n) is 1.92. The van der Waals surface area contributed by atoms with E-state index in [1.54, 1.807) is 24.1 Å².